The molecule has 2 rings (SSSR count). The number of H-pyrrole nitrogens is 1. The Morgan fingerprint density at radius 1 is 1.32 bits per heavy atom. The lowest BCUT2D eigenvalue weighted by atomic mass is 10.2. The average molecular weight is 272 g/mol. The Morgan fingerprint density at radius 2 is 2.05 bits per heavy atom. The number of phenols is 1. The van der Waals surface area contributed by atoms with Crippen LogP contribution in [0.15, 0.2) is 30.6 Å². The van der Waals surface area contributed by atoms with Crippen molar-refractivity contribution in [2.24, 2.45) is 0 Å². The molecule has 1 aromatic heterocycles. The van der Waals surface area contributed by atoms with E-state index in [-0.39, 0.29) is 5.56 Å². The number of alkyl halides is 3. The lowest BCUT2D eigenvalue weighted by Gasteiger charge is -2.09. The minimum absolute atomic E-state index is 0.0527. The molecule has 0 bridgehead atoms. The molecule has 5 nitrogen and oxygen atoms in total. The van der Waals surface area contributed by atoms with E-state index in [9.17, 15) is 23.1 Å². The van der Waals surface area contributed by atoms with Gasteiger partial charge in [-0.15, -0.1) is 0 Å². The van der Waals surface area contributed by atoms with Crippen molar-refractivity contribution in [3.63, 3.8) is 0 Å². The molecule has 0 saturated heterocycles. The van der Waals surface area contributed by atoms with E-state index < -0.39 is 29.2 Å². The highest BCUT2D eigenvalue weighted by molar-refractivity contribution is 5.90. The molecule has 0 atom stereocenters. The summed E-state index contributed by atoms with van der Waals surface area (Å²) in [5.41, 5.74) is -1.06. The fourth-order valence-corrected chi connectivity index (χ4v) is 1.33. The lowest BCUT2D eigenvalue weighted by molar-refractivity contribution is -0.137. The number of rotatable bonds is 2. The summed E-state index contributed by atoms with van der Waals surface area (Å²) in [6.45, 7) is 0. The highest BCUT2D eigenvalue weighted by Gasteiger charge is 2.31. The van der Waals surface area contributed by atoms with Crippen molar-refractivity contribution in [2.75, 3.05) is 0 Å². The van der Waals surface area contributed by atoms with Gasteiger partial charge in [0, 0.05) is 12.3 Å². The van der Waals surface area contributed by atoms with Crippen LogP contribution < -0.4 is 4.74 Å². The van der Waals surface area contributed by atoms with Gasteiger partial charge in [-0.1, -0.05) is 0 Å². The summed E-state index contributed by atoms with van der Waals surface area (Å²) in [6, 6.07) is 2.07. The summed E-state index contributed by atoms with van der Waals surface area (Å²) in [4.78, 5) is 11.5. The minimum Gasteiger partial charge on any atom is -0.508 e. The molecule has 0 amide bonds. The van der Waals surface area contributed by atoms with Gasteiger partial charge in [-0.25, -0.2) is 4.79 Å². The first-order chi connectivity index (χ1) is 8.86. The zero-order valence-electron chi connectivity index (χ0n) is 9.23. The van der Waals surface area contributed by atoms with Gasteiger partial charge in [0.2, 0.25) is 0 Å². The quantitative estimate of drug-likeness (QED) is 0.650. The molecule has 8 heteroatoms. The molecular weight excluding hydrogens is 265 g/mol. The van der Waals surface area contributed by atoms with Crippen LogP contribution in [0.5, 0.6) is 11.5 Å². The van der Waals surface area contributed by atoms with Gasteiger partial charge in [0.05, 0.1) is 17.3 Å². The summed E-state index contributed by atoms with van der Waals surface area (Å²) in [6.07, 6.45) is -2.25. The first-order valence-corrected chi connectivity index (χ1v) is 4.98. The molecule has 1 heterocycles. The van der Waals surface area contributed by atoms with Gasteiger partial charge in [-0.3, -0.25) is 5.10 Å². The second kappa shape index (κ2) is 4.63. The number of carbonyl (C=O) groups excluding carboxylic acids is 1. The second-order valence-corrected chi connectivity index (χ2v) is 3.59. The molecule has 0 aliphatic heterocycles. The third-order valence-electron chi connectivity index (χ3n) is 2.16. The molecular formula is C11H7F3N2O3. The standard InChI is InChI=1S/C11H7F3N2O3/c12-11(13,14)7-1-8(17)3-9(2-7)19-10(18)6-4-15-16-5-6/h1-5,17H,(H,15,16). The second-order valence-electron chi connectivity index (χ2n) is 3.59. The van der Waals surface area contributed by atoms with Crippen LogP contribution in [0.1, 0.15) is 15.9 Å². The van der Waals surface area contributed by atoms with Gasteiger partial charge >= 0.3 is 12.1 Å². The SMILES string of the molecule is O=C(Oc1cc(O)cc(C(F)(F)F)c1)c1cn[nH]c1. The van der Waals surface area contributed by atoms with Crippen molar-refractivity contribution in [1.82, 2.24) is 10.2 Å². The molecule has 0 fully saturated rings. The maximum absolute atomic E-state index is 12.5. The topological polar surface area (TPSA) is 75.2 Å². The van der Waals surface area contributed by atoms with Crippen molar-refractivity contribution in [3.8, 4) is 11.5 Å². The molecule has 2 aromatic rings. The highest BCUT2D eigenvalue weighted by Crippen LogP contribution is 2.34. The summed E-state index contributed by atoms with van der Waals surface area (Å²) >= 11 is 0. The van der Waals surface area contributed by atoms with E-state index in [1.807, 2.05) is 0 Å². The van der Waals surface area contributed by atoms with Gasteiger partial charge in [-0.05, 0) is 12.1 Å². The third kappa shape index (κ3) is 3.03. The Kier molecular flexibility index (Phi) is 3.16. The number of ether oxygens (including phenoxy) is 1. The molecule has 0 aliphatic carbocycles. The Labute approximate surface area is 104 Å². The molecule has 0 spiro atoms. The van der Waals surface area contributed by atoms with E-state index in [0.29, 0.717) is 12.1 Å². The number of aromatic amines is 1. The molecule has 19 heavy (non-hydrogen) atoms. The van der Waals surface area contributed by atoms with Crippen LogP contribution in [-0.4, -0.2) is 21.3 Å². The predicted octanol–water partition coefficient (Wildman–Crippen LogP) is 2.35. The number of nitrogens with one attached hydrogen (secondary N) is 1. The molecule has 0 aliphatic rings. The maximum Gasteiger partial charge on any atom is 0.416 e. The van der Waals surface area contributed by atoms with Crippen LogP contribution in [0.3, 0.4) is 0 Å². The van der Waals surface area contributed by atoms with E-state index in [0.717, 1.165) is 12.3 Å². The van der Waals surface area contributed by atoms with Crippen molar-refractivity contribution >= 4 is 5.97 Å². The van der Waals surface area contributed by atoms with E-state index in [4.69, 9.17) is 4.74 Å². The smallest absolute Gasteiger partial charge is 0.416 e. The van der Waals surface area contributed by atoms with Gasteiger partial charge in [-0.2, -0.15) is 18.3 Å². The van der Waals surface area contributed by atoms with Crippen LogP contribution >= 0.6 is 0 Å². The van der Waals surface area contributed by atoms with Crippen molar-refractivity contribution < 1.29 is 27.8 Å². The Bertz CT molecular complexity index is 594. The summed E-state index contributed by atoms with van der Waals surface area (Å²) in [7, 11) is 0. The van der Waals surface area contributed by atoms with Crippen LogP contribution in [0, 0.1) is 0 Å². The van der Waals surface area contributed by atoms with E-state index in [1.54, 1.807) is 0 Å². The number of carbonyl (C=O) groups is 1. The largest absolute Gasteiger partial charge is 0.508 e. The van der Waals surface area contributed by atoms with Gasteiger partial charge in [0.25, 0.3) is 0 Å². The number of halogens is 3. The molecule has 0 saturated carbocycles. The van der Waals surface area contributed by atoms with Crippen LogP contribution in [0.25, 0.3) is 0 Å². The van der Waals surface area contributed by atoms with Gasteiger partial charge in [0.15, 0.2) is 0 Å². The lowest BCUT2D eigenvalue weighted by Crippen LogP contribution is -2.09. The Hall–Kier alpha value is -2.51. The predicted molar refractivity (Wildman–Crippen MR) is 56.7 cm³/mol. The molecule has 0 radical (unpaired) electrons. The highest BCUT2D eigenvalue weighted by atomic mass is 19.4. The number of benzene rings is 1. The number of aromatic hydroxyl groups is 1. The fourth-order valence-electron chi connectivity index (χ4n) is 1.33. The first-order valence-electron chi connectivity index (χ1n) is 4.98. The summed E-state index contributed by atoms with van der Waals surface area (Å²) in [5, 5.41) is 15.1. The number of nitrogens with zero attached hydrogens (tertiary/aromatic N) is 1. The normalized spacial score (nSPS) is 11.3. The molecule has 2 N–H and O–H groups in total. The van der Waals surface area contributed by atoms with Crippen molar-refractivity contribution in [3.05, 3.63) is 41.7 Å². The number of hydrogen-bond acceptors (Lipinski definition) is 4. The van der Waals surface area contributed by atoms with Crippen LogP contribution in [0.4, 0.5) is 13.2 Å². The summed E-state index contributed by atoms with van der Waals surface area (Å²) < 4.78 is 42.2. The fraction of sp³-hybridized carbons (Fsp3) is 0.0909. The number of hydrogen-bond donors (Lipinski definition) is 2. The van der Waals surface area contributed by atoms with Gasteiger partial charge in [0.1, 0.15) is 11.5 Å². The average Bonchev–Trinajstić information content (AvgIpc) is 2.80. The maximum atomic E-state index is 12.5. The van der Waals surface area contributed by atoms with Crippen LogP contribution in [0.2, 0.25) is 0 Å². The Balaban J connectivity index is 2.26. The summed E-state index contributed by atoms with van der Waals surface area (Å²) in [5.74, 6) is -1.93. The van der Waals surface area contributed by atoms with E-state index in [2.05, 4.69) is 10.2 Å². The zero-order chi connectivity index (χ0) is 14.0. The third-order valence-corrected chi connectivity index (χ3v) is 2.16. The van der Waals surface area contributed by atoms with Crippen LogP contribution in [-0.2, 0) is 6.18 Å². The first kappa shape index (κ1) is 12.9. The number of phenolic OH excluding ortho intramolecular Hbond substituents is 1. The van der Waals surface area contributed by atoms with E-state index >= 15 is 0 Å². The zero-order valence-corrected chi connectivity index (χ0v) is 9.23. The minimum atomic E-state index is -4.64. The molecule has 0 unspecified atom stereocenters. The Morgan fingerprint density at radius 3 is 2.63 bits per heavy atom. The monoisotopic (exact) mass is 272 g/mol. The number of aromatic nitrogens is 2. The number of esters is 1. The van der Waals surface area contributed by atoms with Crippen molar-refractivity contribution in [2.45, 2.75) is 6.18 Å². The van der Waals surface area contributed by atoms with Gasteiger partial charge < -0.3 is 9.84 Å². The molecule has 100 valence electrons. The van der Waals surface area contributed by atoms with E-state index in [1.165, 1.54) is 6.20 Å². The molecule has 1 aromatic carbocycles. The van der Waals surface area contributed by atoms with Crippen molar-refractivity contribution in [1.29, 1.82) is 0 Å².